The predicted molar refractivity (Wildman–Crippen MR) is 155 cm³/mol. The maximum atomic E-state index is 14.3. The number of aromatic amines is 1. The molecule has 4 aliphatic heterocycles. The molecule has 4 aromatic rings. The number of rotatable bonds is 4. The molecule has 2 aromatic carbocycles. The molecular formula is C31H29N7O6. The molecule has 13 heteroatoms. The van der Waals surface area contributed by atoms with Gasteiger partial charge >= 0.3 is 0 Å². The molecule has 224 valence electrons. The molecule has 8 rings (SSSR count). The second-order valence-electron chi connectivity index (χ2n) is 11.5. The lowest BCUT2D eigenvalue weighted by atomic mass is 9.85. The van der Waals surface area contributed by atoms with Gasteiger partial charge in [-0.25, -0.2) is 15.4 Å². The number of hydrogen-bond donors (Lipinski definition) is 3. The van der Waals surface area contributed by atoms with E-state index in [0.717, 1.165) is 27.7 Å². The van der Waals surface area contributed by atoms with E-state index in [0.29, 0.717) is 49.8 Å². The van der Waals surface area contributed by atoms with Crippen LogP contribution < -0.4 is 19.9 Å². The Bertz CT molecular complexity index is 1800. The molecule has 6 heterocycles. The largest absolute Gasteiger partial charge is 0.454 e. The zero-order chi connectivity index (χ0) is 29.9. The van der Waals surface area contributed by atoms with Gasteiger partial charge in [-0.05, 0) is 42.2 Å². The van der Waals surface area contributed by atoms with Crippen LogP contribution in [0.2, 0.25) is 0 Å². The highest BCUT2D eigenvalue weighted by molar-refractivity contribution is 5.98. The Labute approximate surface area is 251 Å². The molecule has 4 aliphatic rings. The van der Waals surface area contributed by atoms with Crippen molar-refractivity contribution in [1.29, 1.82) is 0 Å². The minimum atomic E-state index is -0.680. The second-order valence-corrected chi connectivity index (χ2v) is 11.5. The number of hydroxylamine groups is 1. The Kier molecular flexibility index (Phi) is 6.15. The number of benzene rings is 2. The van der Waals surface area contributed by atoms with E-state index in [4.69, 9.17) is 14.7 Å². The SMILES string of the molecule is O=C(NO)c1cnc(N2CCC(N3CC(=O)N4[C@H](c5ccc6c(c5)OCO6)c5[nH]c6ccccc6c5C[C@H]4C3=O)CC2)nc1. The number of carbonyl (C=O) groups excluding carboxylic acids is 3. The Hall–Kier alpha value is -5.17. The average molecular weight is 596 g/mol. The molecule has 0 radical (unpaired) electrons. The van der Waals surface area contributed by atoms with Gasteiger partial charge in [0.15, 0.2) is 11.5 Å². The molecular weight excluding hydrogens is 566 g/mol. The summed E-state index contributed by atoms with van der Waals surface area (Å²) in [6.07, 6.45) is 4.46. The van der Waals surface area contributed by atoms with Crippen LogP contribution in [0.1, 0.15) is 46.1 Å². The lowest BCUT2D eigenvalue weighted by molar-refractivity contribution is -0.161. The summed E-state index contributed by atoms with van der Waals surface area (Å²) < 4.78 is 11.2. The lowest BCUT2D eigenvalue weighted by Gasteiger charge is -2.49. The van der Waals surface area contributed by atoms with Gasteiger partial charge < -0.3 is 29.2 Å². The Morgan fingerprint density at radius 2 is 1.80 bits per heavy atom. The molecule has 2 atom stereocenters. The number of carbonyl (C=O) groups is 3. The van der Waals surface area contributed by atoms with E-state index in [2.05, 4.69) is 21.0 Å². The highest BCUT2D eigenvalue weighted by atomic mass is 16.7. The van der Waals surface area contributed by atoms with Crippen molar-refractivity contribution in [3.05, 3.63) is 77.2 Å². The fourth-order valence-corrected chi connectivity index (χ4v) is 7.07. The van der Waals surface area contributed by atoms with Crippen LogP contribution in [0.3, 0.4) is 0 Å². The summed E-state index contributed by atoms with van der Waals surface area (Å²) in [4.78, 5) is 57.6. The molecule has 13 nitrogen and oxygen atoms in total. The molecule has 0 spiro atoms. The molecule has 3 N–H and O–H groups in total. The molecule has 2 saturated heterocycles. The first-order valence-corrected chi connectivity index (χ1v) is 14.6. The van der Waals surface area contributed by atoms with Gasteiger partial charge in [-0.2, -0.15) is 0 Å². The van der Waals surface area contributed by atoms with Crippen LogP contribution in [-0.4, -0.2) is 86.2 Å². The first-order valence-electron chi connectivity index (χ1n) is 14.6. The second kappa shape index (κ2) is 10.2. The zero-order valence-electron chi connectivity index (χ0n) is 23.6. The number of piperazine rings is 1. The van der Waals surface area contributed by atoms with Gasteiger partial charge in [0.2, 0.25) is 24.6 Å². The van der Waals surface area contributed by atoms with Gasteiger partial charge in [0.25, 0.3) is 5.91 Å². The maximum Gasteiger partial charge on any atom is 0.277 e. The Morgan fingerprint density at radius 1 is 1.02 bits per heavy atom. The minimum Gasteiger partial charge on any atom is -0.454 e. The molecule has 0 aliphatic carbocycles. The fraction of sp³-hybridized carbons (Fsp3) is 0.323. The standard InChI is InChI=1S/C31H29N7O6/c39-26-15-37(19-7-9-36(10-8-19)31-32-13-18(14-33-31)29(40)35-42)30(41)23-12-21-20-3-1-2-4-22(20)34-27(21)28(38(23)26)17-5-6-24-25(11-17)44-16-43-24/h1-6,11,13-14,19,23,28,34,42H,7-10,12,15-16H2,(H,35,40)/t23-,28+/m0/s1. The summed E-state index contributed by atoms with van der Waals surface area (Å²) in [5, 5.41) is 9.88. The molecule has 44 heavy (non-hydrogen) atoms. The number of amides is 3. The van der Waals surface area contributed by atoms with Crippen LogP contribution in [0.25, 0.3) is 10.9 Å². The van der Waals surface area contributed by atoms with Crippen molar-refractivity contribution < 1.29 is 29.1 Å². The van der Waals surface area contributed by atoms with E-state index < -0.39 is 18.0 Å². The molecule has 2 fully saturated rings. The number of para-hydroxylation sites is 1. The summed E-state index contributed by atoms with van der Waals surface area (Å²) in [7, 11) is 0. The van der Waals surface area contributed by atoms with Gasteiger partial charge in [0.1, 0.15) is 12.6 Å². The third-order valence-electron chi connectivity index (χ3n) is 9.20. The first-order chi connectivity index (χ1) is 21.5. The molecule has 0 saturated carbocycles. The Morgan fingerprint density at radius 3 is 2.59 bits per heavy atom. The van der Waals surface area contributed by atoms with Gasteiger partial charge in [-0.1, -0.05) is 24.3 Å². The normalized spacial score (nSPS) is 21.4. The van der Waals surface area contributed by atoms with E-state index in [-0.39, 0.29) is 36.8 Å². The minimum absolute atomic E-state index is 0.0120. The quantitative estimate of drug-likeness (QED) is 0.238. The van der Waals surface area contributed by atoms with Crippen molar-refractivity contribution >= 4 is 34.6 Å². The van der Waals surface area contributed by atoms with Crippen LogP contribution in [-0.2, 0) is 16.0 Å². The zero-order valence-corrected chi connectivity index (χ0v) is 23.6. The summed E-state index contributed by atoms with van der Waals surface area (Å²) in [6, 6.07) is 12.6. The number of nitrogens with one attached hydrogen (secondary N) is 2. The van der Waals surface area contributed by atoms with E-state index in [1.807, 2.05) is 41.3 Å². The van der Waals surface area contributed by atoms with Crippen LogP contribution in [0.5, 0.6) is 11.5 Å². The third kappa shape index (κ3) is 4.14. The van der Waals surface area contributed by atoms with Gasteiger partial charge in [0.05, 0.1) is 11.6 Å². The number of aromatic nitrogens is 3. The third-order valence-corrected chi connectivity index (χ3v) is 9.20. The average Bonchev–Trinajstić information content (AvgIpc) is 3.69. The monoisotopic (exact) mass is 595 g/mol. The predicted octanol–water partition coefficient (Wildman–Crippen LogP) is 2.16. The Balaban J connectivity index is 1.07. The molecule has 2 aromatic heterocycles. The smallest absolute Gasteiger partial charge is 0.277 e. The van der Waals surface area contributed by atoms with Crippen molar-refractivity contribution in [2.75, 3.05) is 31.3 Å². The molecule has 0 unspecified atom stereocenters. The van der Waals surface area contributed by atoms with Crippen LogP contribution in [0.15, 0.2) is 54.9 Å². The van der Waals surface area contributed by atoms with Crippen molar-refractivity contribution in [1.82, 2.24) is 30.2 Å². The topological polar surface area (TPSA) is 153 Å². The lowest BCUT2D eigenvalue weighted by Crippen LogP contribution is -2.65. The number of hydrogen-bond acceptors (Lipinski definition) is 9. The highest BCUT2D eigenvalue weighted by Crippen LogP contribution is 2.45. The summed E-state index contributed by atoms with van der Waals surface area (Å²) >= 11 is 0. The van der Waals surface area contributed by atoms with Crippen LogP contribution >= 0.6 is 0 Å². The number of fused-ring (bicyclic) bond motifs is 5. The fourth-order valence-electron chi connectivity index (χ4n) is 7.07. The molecule has 3 amide bonds. The maximum absolute atomic E-state index is 14.3. The van der Waals surface area contributed by atoms with E-state index in [1.165, 1.54) is 12.4 Å². The first kappa shape index (κ1) is 26.5. The van der Waals surface area contributed by atoms with Crippen molar-refractivity contribution in [2.45, 2.75) is 37.4 Å². The van der Waals surface area contributed by atoms with Gasteiger partial charge in [0, 0.05) is 54.5 Å². The van der Waals surface area contributed by atoms with Gasteiger partial charge in [-0.15, -0.1) is 0 Å². The summed E-state index contributed by atoms with van der Waals surface area (Å²) in [5.74, 6) is 0.942. The van der Waals surface area contributed by atoms with Crippen molar-refractivity contribution in [3.8, 4) is 11.5 Å². The van der Waals surface area contributed by atoms with E-state index in [1.54, 1.807) is 15.3 Å². The number of H-pyrrole nitrogens is 1. The van der Waals surface area contributed by atoms with Crippen LogP contribution in [0.4, 0.5) is 5.95 Å². The molecule has 0 bridgehead atoms. The van der Waals surface area contributed by atoms with E-state index >= 15 is 0 Å². The van der Waals surface area contributed by atoms with Gasteiger partial charge in [-0.3, -0.25) is 19.6 Å². The summed E-state index contributed by atoms with van der Waals surface area (Å²) in [6.45, 7) is 1.35. The van der Waals surface area contributed by atoms with Crippen molar-refractivity contribution in [3.63, 3.8) is 0 Å². The van der Waals surface area contributed by atoms with E-state index in [9.17, 15) is 14.4 Å². The number of ether oxygens (including phenoxy) is 2. The number of piperidine rings is 1. The highest BCUT2D eigenvalue weighted by Gasteiger charge is 2.50. The summed E-state index contributed by atoms with van der Waals surface area (Å²) in [5.41, 5.74) is 5.53. The van der Waals surface area contributed by atoms with Crippen molar-refractivity contribution in [2.24, 2.45) is 0 Å². The number of anilines is 1. The van der Waals surface area contributed by atoms with Crippen LogP contribution in [0, 0.1) is 0 Å². The number of nitrogens with zero attached hydrogens (tertiary/aromatic N) is 5.